The van der Waals surface area contributed by atoms with Crippen molar-refractivity contribution in [2.75, 3.05) is 26.2 Å². The van der Waals surface area contributed by atoms with Crippen LogP contribution in [0.2, 0.25) is 0 Å². The first-order chi connectivity index (χ1) is 12.8. The molecule has 0 aliphatic carbocycles. The molecule has 2 aliphatic rings. The van der Waals surface area contributed by atoms with E-state index in [9.17, 15) is 14.4 Å². The van der Waals surface area contributed by atoms with E-state index in [-0.39, 0.29) is 17.7 Å². The molecule has 146 valence electrons. The van der Waals surface area contributed by atoms with Crippen LogP contribution < -0.4 is 5.32 Å². The molecule has 3 amide bonds. The molecule has 0 spiro atoms. The predicted molar refractivity (Wildman–Crippen MR) is 104 cm³/mol. The van der Waals surface area contributed by atoms with Gasteiger partial charge in [-0.25, -0.2) is 0 Å². The Morgan fingerprint density at radius 2 is 1.56 bits per heavy atom. The molecule has 1 atom stereocenters. The number of nitrogens with zero attached hydrogens (tertiary/aromatic N) is 2. The van der Waals surface area contributed by atoms with Crippen molar-refractivity contribution in [1.82, 2.24) is 15.1 Å². The minimum absolute atomic E-state index is 0.0195. The van der Waals surface area contributed by atoms with Crippen LogP contribution in [0.1, 0.15) is 51.9 Å². The van der Waals surface area contributed by atoms with Gasteiger partial charge in [0, 0.05) is 38.2 Å². The first-order valence-electron chi connectivity index (χ1n) is 9.74. The molecule has 0 aromatic heterocycles. The molecule has 0 radical (unpaired) electrons. The van der Waals surface area contributed by atoms with Gasteiger partial charge in [0.05, 0.1) is 0 Å². The molecule has 1 unspecified atom stereocenters. The molecule has 6 heteroatoms. The molecule has 2 saturated heterocycles. The number of rotatable bonds is 2. The predicted octanol–water partition coefficient (Wildman–Crippen LogP) is 1.87. The Hall–Kier alpha value is -2.37. The molecule has 2 heterocycles. The van der Waals surface area contributed by atoms with Crippen molar-refractivity contribution < 1.29 is 14.4 Å². The van der Waals surface area contributed by atoms with Crippen molar-refractivity contribution in [1.29, 1.82) is 0 Å². The SMILES string of the molecule is Cc1cc(C)c(C)c(C(=O)N2CCCN(C(=O)C3CCC(=O)N3)CC2)c1C. The van der Waals surface area contributed by atoms with Crippen LogP contribution in [0, 0.1) is 27.7 Å². The van der Waals surface area contributed by atoms with Gasteiger partial charge >= 0.3 is 0 Å². The smallest absolute Gasteiger partial charge is 0.254 e. The van der Waals surface area contributed by atoms with Crippen molar-refractivity contribution in [2.45, 2.75) is 53.0 Å². The lowest BCUT2D eigenvalue weighted by Gasteiger charge is -2.25. The number of aryl methyl sites for hydroxylation is 2. The number of hydrogen-bond acceptors (Lipinski definition) is 3. The van der Waals surface area contributed by atoms with Gasteiger partial charge in [0.1, 0.15) is 6.04 Å². The third kappa shape index (κ3) is 3.84. The first kappa shape index (κ1) is 19.4. The Labute approximate surface area is 160 Å². The summed E-state index contributed by atoms with van der Waals surface area (Å²) in [6.45, 7) is 10.4. The quantitative estimate of drug-likeness (QED) is 0.863. The second-order valence-electron chi connectivity index (χ2n) is 7.77. The van der Waals surface area contributed by atoms with Gasteiger partial charge in [-0.05, 0) is 62.8 Å². The van der Waals surface area contributed by atoms with Crippen LogP contribution in [0.25, 0.3) is 0 Å². The lowest BCUT2D eigenvalue weighted by molar-refractivity contribution is -0.134. The fraction of sp³-hybridized carbons (Fsp3) is 0.571. The average molecular weight is 371 g/mol. The summed E-state index contributed by atoms with van der Waals surface area (Å²) in [7, 11) is 0. The number of hydrogen-bond donors (Lipinski definition) is 1. The molecule has 3 rings (SSSR count). The van der Waals surface area contributed by atoms with Gasteiger partial charge in [-0.15, -0.1) is 0 Å². The molecular weight excluding hydrogens is 342 g/mol. The second-order valence-corrected chi connectivity index (χ2v) is 7.77. The lowest BCUT2D eigenvalue weighted by Crippen LogP contribution is -2.46. The van der Waals surface area contributed by atoms with E-state index in [0.717, 1.165) is 34.2 Å². The summed E-state index contributed by atoms with van der Waals surface area (Å²) in [5.41, 5.74) is 5.13. The van der Waals surface area contributed by atoms with E-state index in [2.05, 4.69) is 11.4 Å². The summed E-state index contributed by atoms with van der Waals surface area (Å²) in [6, 6.07) is 1.73. The topological polar surface area (TPSA) is 69.7 Å². The highest BCUT2D eigenvalue weighted by Crippen LogP contribution is 2.24. The van der Waals surface area contributed by atoms with E-state index in [0.29, 0.717) is 39.0 Å². The molecule has 1 aromatic carbocycles. The van der Waals surface area contributed by atoms with Crippen molar-refractivity contribution in [2.24, 2.45) is 0 Å². The maximum Gasteiger partial charge on any atom is 0.254 e. The third-order valence-corrected chi connectivity index (χ3v) is 5.97. The maximum atomic E-state index is 13.2. The summed E-state index contributed by atoms with van der Waals surface area (Å²) in [6.07, 6.45) is 1.74. The van der Waals surface area contributed by atoms with Crippen LogP contribution in [0.3, 0.4) is 0 Å². The van der Waals surface area contributed by atoms with Crippen LogP contribution >= 0.6 is 0 Å². The molecule has 0 bridgehead atoms. The Balaban J connectivity index is 1.72. The van der Waals surface area contributed by atoms with E-state index in [1.165, 1.54) is 0 Å². The average Bonchev–Trinajstić information content (AvgIpc) is 2.91. The van der Waals surface area contributed by atoms with E-state index in [1.54, 1.807) is 4.90 Å². The lowest BCUT2D eigenvalue weighted by atomic mass is 9.93. The van der Waals surface area contributed by atoms with Crippen molar-refractivity contribution in [3.63, 3.8) is 0 Å². The number of carbonyl (C=O) groups is 3. The maximum absolute atomic E-state index is 13.2. The molecule has 6 nitrogen and oxygen atoms in total. The van der Waals surface area contributed by atoms with Crippen LogP contribution in [0.5, 0.6) is 0 Å². The summed E-state index contributed by atoms with van der Waals surface area (Å²) in [5, 5.41) is 2.75. The monoisotopic (exact) mass is 371 g/mol. The fourth-order valence-electron chi connectivity index (χ4n) is 4.06. The Morgan fingerprint density at radius 3 is 2.15 bits per heavy atom. The molecule has 1 N–H and O–H groups in total. The Bertz CT molecular complexity index is 761. The zero-order valence-corrected chi connectivity index (χ0v) is 16.7. The summed E-state index contributed by atoms with van der Waals surface area (Å²) >= 11 is 0. The molecule has 27 heavy (non-hydrogen) atoms. The third-order valence-electron chi connectivity index (χ3n) is 5.97. The highest BCUT2D eigenvalue weighted by atomic mass is 16.2. The second kappa shape index (κ2) is 7.71. The summed E-state index contributed by atoms with van der Waals surface area (Å²) in [5.74, 6) is -0.0186. The van der Waals surface area contributed by atoms with E-state index in [4.69, 9.17) is 0 Å². The van der Waals surface area contributed by atoms with Gasteiger partial charge in [-0.1, -0.05) is 6.07 Å². The first-order valence-corrected chi connectivity index (χ1v) is 9.74. The van der Waals surface area contributed by atoms with E-state index >= 15 is 0 Å². The highest BCUT2D eigenvalue weighted by Gasteiger charge is 2.32. The number of nitrogens with one attached hydrogen (secondary N) is 1. The van der Waals surface area contributed by atoms with Crippen molar-refractivity contribution >= 4 is 17.7 Å². The van der Waals surface area contributed by atoms with Crippen molar-refractivity contribution in [3.8, 4) is 0 Å². The zero-order valence-electron chi connectivity index (χ0n) is 16.7. The molecule has 2 aliphatic heterocycles. The van der Waals surface area contributed by atoms with Crippen LogP contribution in [0.15, 0.2) is 6.07 Å². The zero-order chi connectivity index (χ0) is 19.7. The Kier molecular flexibility index (Phi) is 5.53. The largest absolute Gasteiger partial charge is 0.344 e. The molecule has 2 fully saturated rings. The van der Waals surface area contributed by atoms with Crippen LogP contribution in [-0.2, 0) is 9.59 Å². The highest BCUT2D eigenvalue weighted by molar-refractivity contribution is 5.98. The summed E-state index contributed by atoms with van der Waals surface area (Å²) in [4.78, 5) is 40.9. The fourth-order valence-corrected chi connectivity index (χ4v) is 4.06. The van der Waals surface area contributed by atoms with E-state index < -0.39 is 6.04 Å². The van der Waals surface area contributed by atoms with E-state index in [1.807, 2.05) is 32.6 Å². The normalized spacial score (nSPS) is 20.4. The van der Waals surface area contributed by atoms with Crippen LogP contribution in [-0.4, -0.2) is 59.7 Å². The number of benzene rings is 1. The van der Waals surface area contributed by atoms with Gasteiger partial charge in [0.15, 0.2) is 0 Å². The standard InChI is InChI=1S/C21H29N3O3/c1-13-12-14(2)16(4)19(15(13)3)21(27)24-9-5-8-23(10-11-24)20(26)17-6-7-18(25)22-17/h12,17H,5-11H2,1-4H3,(H,22,25). The Morgan fingerprint density at radius 1 is 0.963 bits per heavy atom. The van der Waals surface area contributed by atoms with Crippen molar-refractivity contribution in [3.05, 3.63) is 33.9 Å². The van der Waals surface area contributed by atoms with Gasteiger partial charge < -0.3 is 15.1 Å². The van der Waals surface area contributed by atoms with Gasteiger partial charge in [0.25, 0.3) is 5.91 Å². The number of carbonyl (C=O) groups excluding carboxylic acids is 3. The minimum atomic E-state index is -0.399. The van der Waals surface area contributed by atoms with Gasteiger partial charge in [-0.2, -0.15) is 0 Å². The van der Waals surface area contributed by atoms with Gasteiger partial charge in [0.2, 0.25) is 11.8 Å². The van der Waals surface area contributed by atoms with Crippen LogP contribution in [0.4, 0.5) is 0 Å². The number of amides is 3. The molecule has 1 aromatic rings. The molecular formula is C21H29N3O3. The molecule has 0 saturated carbocycles. The van der Waals surface area contributed by atoms with Gasteiger partial charge in [-0.3, -0.25) is 14.4 Å². The summed E-state index contributed by atoms with van der Waals surface area (Å²) < 4.78 is 0. The minimum Gasteiger partial charge on any atom is -0.344 e.